The third kappa shape index (κ3) is 4.84. The van der Waals surface area contributed by atoms with E-state index in [0.717, 1.165) is 6.26 Å². The first-order valence-corrected chi connectivity index (χ1v) is 9.67. The molecule has 0 amide bonds. The summed E-state index contributed by atoms with van der Waals surface area (Å²) in [6.07, 6.45) is 3.99. The summed E-state index contributed by atoms with van der Waals surface area (Å²) in [6, 6.07) is 8.77. The Morgan fingerprint density at radius 2 is 1.88 bits per heavy atom. The number of carbonyl (C=O) groups excluding carboxylic acids is 1. The van der Waals surface area contributed by atoms with Crippen molar-refractivity contribution in [2.45, 2.75) is 11.8 Å². The Bertz CT molecular complexity index is 915. The van der Waals surface area contributed by atoms with Crippen LogP contribution in [0.5, 0.6) is 11.5 Å². The summed E-state index contributed by atoms with van der Waals surface area (Å²) in [4.78, 5) is 12.3. The van der Waals surface area contributed by atoms with E-state index in [9.17, 15) is 18.3 Å². The van der Waals surface area contributed by atoms with Gasteiger partial charge in [0.25, 0.3) is 0 Å². The number of aromatic hydroxyl groups is 1. The lowest BCUT2D eigenvalue weighted by atomic mass is 10.1. The van der Waals surface area contributed by atoms with Gasteiger partial charge in [-0.05, 0) is 55.0 Å². The predicted octanol–water partition coefficient (Wildman–Crippen LogP) is 3.74. The number of hydrogen-bond donors (Lipinski definition) is 1. The molecule has 0 aromatic heterocycles. The van der Waals surface area contributed by atoms with Crippen molar-refractivity contribution in [2.75, 3.05) is 12.9 Å². The molecule has 0 saturated carbocycles. The van der Waals surface area contributed by atoms with Crippen LogP contribution in [0.2, 0.25) is 5.02 Å². The van der Waals surface area contributed by atoms with Crippen molar-refractivity contribution in [3.8, 4) is 11.5 Å². The molecule has 7 heteroatoms. The summed E-state index contributed by atoms with van der Waals surface area (Å²) < 4.78 is 28.1. The zero-order chi connectivity index (χ0) is 18.6. The molecule has 0 aliphatic carbocycles. The van der Waals surface area contributed by atoms with Crippen LogP contribution in [0.1, 0.15) is 22.8 Å². The highest BCUT2D eigenvalue weighted by Crippen LogP contribution is 2.35. The van der Waals surface area contributed by atoms with Gasteiger partial charge in [0.15, 0.2) is 27.1 Å². The van der Waals surface area contributed by atoms with E-state index in [2.05, 4.69) is 0 Å². The number of halogens is 1. The maximum Gasteiger partial charge on any atom is 0.185 e. The Hall–Kier alpha value is -2.31. The molecule has 132 valence electrons. The van der Waals surface area contributed by atoms with E-state index in [1.807, 2.05) is 0 Å². The molecule has 0 aliphatic rings. The molecule has 0 heterocycles. The van der Waals surface area contributed by atoms with Crippen LogP contribution in [-0.4, -0.2) is 32.2 Å². The van der Waals surface area contributed by atoms with Crippen molar-refractivity contribution in [3.63, 3.8) is 0 Å². The number of phenols is 1. The molecular formula is C18H17ClO5S. The van der Waals surface area contributed by atoms with E-state index in [1.165, 1.54) is 36.4 Å². The number of ether oxygens (including phenoxy) is 1. The van der Waals surface area contributed by atoms with Gasteiger partial charge in [-0.3, -0.25) is 4.79 Å². The number of rotatable bonds is 6. The highest BCUT2D eigenvalue weighted by molar-refractivity contribution is 7.90. The van der Waals surface area contributed by atoms with Gasteiger partial charge in [-0.25, -0.2) is 8.42 Å². The summed E-state index contributed by atoms with van der Waals surface area (Å²) in [5.41, 5.74) is 0.950. The van der Waals surface area contributed by atoms with Gasteiger partial charge in [-0.2, -0.15) is 0 Å². The molecule has 0 bridgehead atoms. The predicted molar refractivity (Wildman–Crippen MR) is 97.2 cm³/mol. The fourth-order valence-corrected chi connectivity index (χ4v) is 2.94. The van der Waals surface area contributed by atoms with Crippen LogP contribution in [0, 0.1) is 0 Å². The van der Waals surface area contributed by atoms with Crippen molar-refractivity contribution in [1.82, 2.24) is 0 Å². The Kier molecular flexibility index (Phi) is 5.87. The second-order valence-corrected chi connectivity index (χ2v) is 7.70. The van der Waals surface area contributed by atoms with E-state index in [0.29, 0.717) is 17.7 Å². The average Bonchev–Trinajstić information content (AvgIpc) is 2.56. The van der Waals surface area contributed by atoms with Gasteiger partial charge >= 0.3 is 0 Å². The fourth-order valence-electron chi connectivity index (χ4n) is 2.09. The molecule has 0 aliphatic heterocycles. The zero-order valence-electron chi connectivity index (χ0n) is 13.7. The monoisotopic (exact) mass is 380 g/mol. The van der Waals surface area contributed by atoms with Crippen LogP contribution in [0.3, 0.4) is 0 Å². The number of hydrogen-bond acceptors (Lipinski definition) is 5. The number of allylic oxidation sites excluding steroid dienone is 1. The summed E-state index contributed by atoms with van der Waals surface area (Å²) in [5, 5.41) is 9.92. The van der Waals surface area contributed by atoms with Crippen LogP contribution in [0.4, 0.5) is 0 Å². The lowest BCUT2D eigenvalue weighted by molar-refractivity contribution is 0.104. The van der Waals surface area contributed by atoms with Crippen molar-refractivity contribution < 1.29 is 23.1 Å². The minimum atomic E-state index is -3.30. The van der Waals surface area contributed by atoms with Crippen LogP contribution >= 0.6 is 11.6 Å². The topological polar surface area (TPSA) is 80.7 Å². The summed E-state index contributed by atoms with van der Waals surface area (Å²) >= 11 is 5.94. The van der Waals surface area contributed by atoms with Crippen LogP contribution < -0.4 is 4.74 Å². The van der Waals surface area contributed by atoms with Gasteiger partial charge < -0.3 is 9.84 Å². The molecule has 0 unspecified atom stereocenters. The smallest absolute Gasteiger partial charge is 0.185 e. The maximum absolute atomic E-state index is 12.2. The summed E-state index contributed by atoms with van der Waals surface area (Å²) in [6.45, 7) is 2.14. The quantitative estimate of drug-likeness (QED) is 0.609. The van der Waals surface area contributed by atoms with Crippen LogP contribution in [0.25, 0.3) is 6.08 Å². The Balaban J connectivity index is 2.23. The normalized spacial score (nSPS) is 11.6. The first kappa shape index (κ1) is 19.0. The van der Waals surface area contributed by atoms with E-state index in [1.54, 1.807) is 19.1 Å². The molecule has 2 rings (SSSR count). The Labute approximate surface area is 151 Å². The largest absolute Gasteiger partial charge is 0.503 e. The van der Waals surface area contributed by atoms with Gasteiger partial charge in [0, 0.05) is 11.8 Å². The highest BCUT2D eigenvalue weighted by Gasteiger charge is 2.10. The number of benzene rings is 2. The lowest BCUT2D eigenvalue weighted by Gasteiger charge is -2.08. The minimum absolute atomic E-state index is 0.121. The molecule has 0 atom stereocenters. The molecule has 0 radical (unpaired) electrons. The third-order valence-electron chi connectivity index (χ3n) is 3.34. The SMILES string of the molecule is CCOc1cc(/C=C/C(=O)c2ccc(S(C)(=O)=O)cc2)cc(Cl)c1O. The standard InChI is InChI=1S/C18H17ClO5S/c1-3-24-17-11-12(10-15(19)18(17)21)4-9-16(20)13-5-7-14(8-6-13)25(2,22)23/h4-11,21H,3H2,1-2H3/b9-4+. The highest BCUT2D eigenvalue weighted by atomic mass is 35.5. The minimum Gasteiger partial charge on any atom is -0.503 e. The molecule has 0 saturated heterocycles. The van der Waals surface area contributed by atoms with Crippen LogP contribution in [-0.2, 0) is 9.84 Å². The van der Waals surface area contributed by atoms with E-state index < -0.39 is 9.84 Å². The Morgan fingerprint density at radius 1 is 1.24 bits per heavy atom. The van der Waals surface area contributed by atoms with E-state index in [-0.39, 0.29) is 27.2 Å². The molecule has 1 N–H and O–H groups in total. The number of ketones is 1. The van der Waals surface area contributed by atoms with Gasteiger partial charge in [0.1, 0.15) is 0 Å². The number of carbonyl (C=O) groups is 1. The number of phenolic OH excluding ortho intramolecular Hbond substituents is 1. The molecule has 0 fully saturated rings. The third-order valence-corrected chi connectivity index (χ3v) is 4.76. The fraction of sp³-hybridized carbons (Fsp3) is 0.167. The second kappa shape index (κ2) is 7.72. The van der Waals surface area contributed by atoms with Crippen molar-refractivity contribution in [1.29, 1.82) is 0 Å². The molecule has 5 nitrogen and oxygen atoms in total. The zero-order valence-corrected chi connectivity index (χ0v) is 15.3. The molecule has 25 heavy (non-hydrogen) atoms. The van der Waals surface area contributed by atoms with Crippen molar-refractivity contribution >= 4 is 33.3 Å². The molecular weight excluding hydrogens is 364 g/mol. The van der Waals surface area contributed by atoms with Crippen molar-refractivity contribution in [3.05, 3.63) is 58.6 Å². The van der Waals surface area contributed by atoms with E-state index >= 15 is 0 Å². The van der Waals surface area contributed by atoms with Gasteiger partial charge in [-0.15, -0.1) is 0 Å². The lowest BCUT2D eigenvalue weighted by Crippen LogP contribution is -1.99. The Morgan fingerprint density at radius 3 is 2.44 bits per heavy atom. The maximum atomic E-state index is 12.2. The molecule has 0 spiro atoms. The summed E-state index contributed by atoms with van der Waals surface area (Å²) in [5.74, 6) is -0.204. The molecule has 2 aromatic carbocycles. The van der Waals surface area contributed by atoms with Gasteiger partial charge in [0.2, 0.25) is 0 Å². The average molecular weight is 381 g/mol. The molecule has 2 aromatic rings. The van der Waals surface area contributed by atoms with Crippen LogP contribution in [0.15, 0.2) is 47.4 Å². The summed E-state index contributed by atoms with van der Waals surface area (Å²) in [7, 11) is -3.30. The second-order valence-electron chi connectivity index (χ2n) is 5.28. The van der Waals surface area contributed by atoms with Crippen molar-refractivity contribution in [2.24, 2.45) is 0 Å². The van der Waals surface area contributed by atoms with Gasteiger partial charge in [-0.1, -0.05) is 17.7 Å². The first-order valence-electron chi connectivity index (χ1n) is 7.40. The first-order chi connectivity index (χ1) is 11.7. The van der Waals surface area contributed by atoms with Gasteiger partial charge in [0.05, 0.1) is 16.5 Å². The number of sulfone groups is 1. The van der Waals surface area contributed by atoms with E-state index in [4.69, 9.17) is 16.3 Å².